The van der Waals surface area contributed by atoms with Gasteiger partial charge in [-0.15, -0.1) is 0 Å². The minimum atomic E-state index is -3.31. The van der Waals surface area contributed by atoms with Crippen LogP contribution in [-0.2, 0) is 9.84 Å². The molecule has 1 aromatic carbocycles. The Morgan fingerprint density at radius 3 is 2.66 bits per heavy atom. The van der Waals surface area contributed by atoms with Crippen LogP contribution in [0.2, 0.25) is 5.02 Å². The number of hydrogen-bond acceptors (Lipinski definition) is 6. The molecule has 0 saturated carbocycles. The summed E-state index contributed by atoms with van der Waals surface area (Å²) in [6.07, 6.45) is 4.27. The fourth-order valence-corrected chi connectivity index (χ4v) is 4.19. The summed E-state index contributed by atoms with van der Waals surface area (Å²) in [4.78, 5) is 22.5. The lowest BCUT2D eigenvalue weighted by molar-refractivity contribution is -0.0343. The first-order valence-electron chi connectivity index (χ1n) is 9.85. The Kier molecular flexibility index (Phi) is 7.14. The van der Waals surface area contributed by atoms with Gasteiger partial charge in [0.2, 0.25) is 0 Å². The molecule has 2 heterocycles. The monoisotopic (exact) mass is 484 g/mol. The Morgan fingerprint density at radius 1 is 1.31 bits per heavy atom. The van der Waals surface area contributed by atoms with Crippen molar-refractivity contribution in [2.75, 3.05) is 17.7 Å². The standard InChI is InChI=1S/C21H23ClF2N4O3S/c1-14(7-10-32(2,30)31)27-20(29)17-12-26-19(13-25-17)28-9-8-21(23,24)11-18(28)15-5-3-4-6-16(15)22/h3-7,10,12-14,18H,8-9,11H2,1-2H3,(H,27,29)/b10-7+/t14-,18-/m1/s1. The number of piperidine rings is 1. The van der Waals surface area contributed by atoms with Crippen LogP contribution in [0, 0.1) is 0 Å². The average molecular weight is 485 g/mol. The Balaban J connectivity index is 1.78. The number of rotatable bonds is 6. The zero-order valence-corrected chi connectivity index (χ0v) is 19.1. The maximum atomic E-state index is 14.2. The third-order valence-electron chi connectivity index (χ3n) is 4.99. The fourth-order valence-electron chi connectivity index (χ4n) is 3.41. The van der Waals surface area contributed by atoms with Crippen molar-refractivity contribution in [3.05, 3.63) is 64.4 Å². The molecule has 172 valence electrons. The van der Waals surface area contributed by atoms with Crippen molar-refractivity contribution in [3.8, 4) is 0 Å². The lowest BCUT2D eigenvalue weighted by Gasteiger charge is -2.40. The Bertz CT molecular complexity index is 1110. The molecule has 0 bridgehead atoms. The largest absolute Gasteiger partial charge is 0.348 e. The molecule has 2 aromatic rings. The van der Waals surface area contributed by atoms with Crippen LogP contribution in [0.5, 0.6) is 0 Å². The van der Waals surface area contributed by atoms with Crippen molar-refractivity contribution in [2.45, 2.75) is 37.8 Å². The molecule has 1 N–H and O–H groups in total. The van der Waals surface area contributed by atoms with E-state index in [1.165, 1.54) is 18.5 Å². The van der Waals surface area contributed by atoms with Crippen molar-refractivity contribution in [3.63, 3.8) is 0 Å². The third-order valence-corrected chi connectivity index (χ3v) is 5.98. The van der Waals surface area contributed by atoms with Gasteiger partial charge in [0.1, 0.15) is 11.5 Å². The van der Waals surface area contributed by atoms with Gasteiger partial charge in [0.15, 0.2) is 9.84 Å². The molecule has 0 radical (unpaired) electrons. The summed E-state index contributed by atoms with van der Waals surface area (Å²) < 4.78 is 50.7. The lowest BCUT2D eigenvalue weighted by Crippen LogP contribution is -2.42. The second-order valence-corrected chi connectivity index (χ2v) is 10.1. The molecule has 3 rings (SSSR count). The van der Waals surface area contributed by atoms with Gasteiger partial charge in [-0.05, 0) is 18.6 Å². The summed E-state index contributed by atoms with van der Waals surface area (Å²) >= 11 is 6.27. The minimum Gasteiger partial charge on any atom is -0.348 e. The van der Waals surface area contributed by atoms with Crippen LogP contribution < -0.4 is 10.2 Å². The van der Waals surface area contributed by atoms with Gasteiger partial charge >= 0.3 is 0 Å². The molecule has 0 spiro atoms. The van der Waals surface area contributed by atoms with E-state index < -0.39 is 40.2 Å². The molecule has 0 aliphatic carbocycles. The van der Waals surface area contributed by atoms with Crippen LogP contribution in [0.15, 0.2) is 48.1 Å². The molecule has 1 aliphatic heterocycles. The molecule has 11 heteroatoms. The number of nitrogens with one attached hydrogen (secondary N) is 1. The molecule has 1 saturated heterocycles. The highest BCUT2D eigenvalue weighted by Gasteiger charge is 2.42. The van der Waals surface area contributed by atoms with E-state index in [0.717, 1.165) is 11.7 Å². The number of benzene rings is 1. The van der Waals surface area contributed by atoms with Gasteiger partial charge in [0, 0.05) is 42.1 Å². The Morgan fingerprint density at radius 2 is 2.03 bits per heavy atom. The second-order valence-electron chi connectivity index (χ2n) is 7.72. The number of carbonyl (C=O) groups excluding carboxylic acids is 1. The molecular formula is C21H23ClF2N4O3S. The molecular weight excluding hydrogens is 462 g/mol. The van der Waals surface area contributed by atoms with Crippen molar-refractivity contribution < 1.29 is 22.0 Å². The van der Waals surface area contributed by atoms with E-state index in [0.29, 0.717) is 16.4 Å². The van der Waals surface area contributed by atoms with E-state index in [1.54, 1.807) is 36.1 Å². The second kappa shape index (κ2) is 9.50. The highest BCUT2D eigenvalue weighted by atomic mass is 35.5. The van der Waals surface area contributed by atoms with E-state index in [4.69, 9.17) is 11.6 Å². The Hall–Kier alpha value is -2.59. The number of sulfone groups is 1. The van der Waals surface area contributed by atoms with Crippen LogP contribution >= 0.6 is 11.6 Å². The van der Waals surface area contributed by atoms with Gasteiger partial charge in [0.05, 0.1) is 18.4 Å². The minimum absolute atomic E-state index is 0.0185. The molecule has 1 aromatic heterocycles. The van der Waals surface area contributed by atoms with Crippen LogP contribution in [0.1, 0.15) is 41.9 Å². The lowest BCUT2D eigenvalue weighted by atomic mass is 9.92. The number of carbonyl (C=O) groups is 1. The molecule has 7 nitrogen and oxygen atoms in total. The number of amides is 1. The van der Waals surface area contributed by atoms with Crippen LogP contribution in [0.4, 0.5) is 14.6 Å². The number of anilines is 1. The summed E-state index contributed by atoms with van der Waals surface area (Å²) in [5.74, 6) is -3.02. The van der Waals surface area contributed by atoms with Crippen LogP contribution in [0.25, 0.3) is 0 Å². The zero-order chi connectivity index (χ0) is 23.5. The summed E-state index contributed by atoms with van der Waals surface area (Å²) in [6, 6.07) is 5.60. The molecule has 1 fully saturated rings. The maximum Gasteiger partial charge on any atom is 0.271 e. The van der Waals surface area contributed by atoms with Crippen molar-refractivity contribution in [1.29, 1.82) is 0 Å². The maximum absolute atomic E-state index is 14.2. The molecule has 1 amide bonds. The topological polar surface area (TPSA) is 92.3 Å². The first kappa shape index (κ1) is 24.1. The number of nitrogens with zero attached hydrogens (tertiary/aromatic N) is 3. The van der Waals surface area contributed by atoms with Crippen LogP contribution in [-0.4, -0.2) is 49.1 Å². The van der Waals surface area contributed by atoms with Crippen molar-refractivity contribution >= 4 is 33.2 Å². The fraction of sp³-hybridized carbons (Fsp3) is 0.381. The van der Waals surface area contributed by atoms with Gasteiger partial charge in [0.25, 0.3) is 11.8 Å². The molecule has 2 atom stereocenters. The molecule has 0 unspecified atom stereocenters. The van der Waals surface area contributed by atoms with E-state index in [-0.39, 0.29) is 18.7 Å². The third kappa shape index (κ3) is 6.23. The highest BCUT2D eigenvalue weighted by molar-refractivity contribution is 7.93. The number of halogens is 3. The summed E-state index contributed by atoms with van der Waals surface area (Å²) in [5, 5.41) is 3.99. The van der Waals surface area contributed by atoms with E-state index in [2.05, 4.69) is 15.3 Å². The SMILES string of the molecule is C[C@H](/C=C/S(C)(=O)=O)NC(=O)c1cnc(N2CCC(F)(F)C[C@@H]2c2ccccc2Cl)cn1. The van der Waals surface area contributed by atoms with E-state index in [9.17, 15) is 22.0 Å². The average Bonchev–Trinajstić information content (AvgIpc) is 2.72. The number of alkyl halides is 2. The zero-order valence-electron chi connectivity index (χ0n) is 17.5. The first-order chi connectivity index (χ1) is 15.0. The highest BCUT2D eigenvalue weighted by Crippen LogP contribution is 2.43. The predicted molar refractivity (Wildman–Crippen MR) is 119 cm³/mol. The van der Waals surface area contributed by atoms with Gasteiger partial charge in [-0.2, -0.15) is 0 Å². The van der Waals surface area contributed by atoms with Gasteiger partial charge in [-0.3, -0.25) is 4.79 Å². The summed E-state index contributed by atoms with van der Waals surface area (Å²) in [7, 11) is -3.31. The van der Waals surface area contributed by atoms with Gasteiger partial charge in [-0.25, -0.2) is 27.2 Å². The number of hydrogen-bond donors (Lipinski definition) is 1. The van der Waals surface area contributed by atoms with Crippen molar-refractivity contribution in [2.24, 2.45) is 0 Å². The van der Waals surface area contributed by atoms with Crippen molar-refractivity contribution in [1.82, 2.24) is 15.3 Å². The first-order valence-corrected chi connectivity index (χ1v) is 12.2. The van der Waals surface area contributed by atoms with E-state index in [1.807, 2.05) is 0 Å². The van der Waals surface area contributed by atoms with Crippen LogP contribution in [0.3, 0.4) is 0 Å². The van der Waals surface area contributed by atoms with Gasteiger partial charge < -0.3 is 10.2 Å². The summed E-state index contributed by atoms with van der Waals surface area (Å²) in [6.45, 7) is 1.67. The molecule has 32 heavy (non-hydrogen) atoms. The summed E-state index contributed by atoms with van der Waals surface area (Å²) in [5.41, 5.74) is 0.591. The number of aromatic nitrogens is 2. The smallest absolute Gasteiger partial charge is 0.271 e. The predicted octanol–water partition coefficient (Wildman–Crippen LogP) is 3.78. The Labute approximate surface area is 190 Å². The normalized spacial score (nSPS) is 19.7. The quantitative estimate of drug-likeness (QED) is 0.670. The van der Waals surface area contributed by atoms with Gasteiger partial charge in [-0.1, -0.05) is 35.9 Å². The molecule has 1 aliphatic rings. The van der Waals surface area contributed by atoms with E-state index >= 15 is 0 Å².